The average Bonchev–Trinajstić information content (AvgIpc) is 1.98. The molecule has 0 saturated heterocycles. The molecule has 10 heavy (non-hydrogen) atoms. The third-order valence-corrected chi connectivity index (χ3v) is 0.802. The van der Waals surface area contributed by atoms with Crippen LogP contribution in [0.25, 0.3) is 0 Å². The van der Waals surface area contributed by atoms with Crippen molar-refractivity contribution in [1.82, 2.24) is 0 Å². The monoisotopic (exact) mass is 154 g/mol. The first-order valence-electron chi connectivity index (χ1n) is 3.20. The summed E-state index contributed by atoms with van der Waals surface area (Å²) in [6.07, 6.45) is -0.993. The molecule has 0 aliphatic heterocycles. The number of hydrogen-bond donors (Lipinski definition) is 0. The minimum atomic E-state index is -1.84. The third-order valence-electron chi connectivity index (χ3n) is 0.802. The summed E-state index contributed by atoms with van der Waals surface area (Å²) in [6, 6.07) is 0. The second-order valence-corrected chi connectivity index (χ2v) is 1.76. The van der Waals surface area contributed by atoms with Gasteiger partial charge in [0.1, 0.15) is 13.5 Å². The highest BCUT2D eigenvalue weighted by molar-refractivity contribution is 4.31. The van der Waals surface area contributed by atoms with Gasteiger partial charge >= 0.3 is 0 Å². The first-order valence-corrected chi connectivity index (χ1v) is 3.20. The average molecular weight is 154 g/mol. The Balaban J connectivity index is 2.89. The maximum Gasteiger partial charge on any atom is 0.229 e. The van der Waals surface area contributed by atoms with Crippen molar-refractivity contribution < 1.29 is 18.3 Å². The Bertz CT molecular complexity index is 70.8. The Hall–Kier alpha value is -0.220. The van der Waals surface area contributed by atoms with Gasteiger partial charge in [-0.2, -0.15) is 0 Å². The molecule has 0 aliphatic carbocycles. The quantitative estimate of drug-likeness (QED) is 0.428. The largest absolute Gasteiger partial charge is 0.355 e. The fourth-order valence-electron chi connectivity index (χ4n) is 0.370. The van der Waals surface area contributed by atoms with Crippen molar-refractivity contribution in [3.05, 3.63) is 0 Å². The van der Waals surface area contributed by atoms with Crippen molar-refractivity contribution in [3.63, 3.8) is 0 Å². The van der Waals surface area contributed by atoms with E-state index in [0.717, 1.165) is 6.42 Å². The molecule has 62 valence electrons. The van der Waals surface area contributed by atoms with Gasteiger partial charge < -0.3 is 9.47 Å². The van der Waals surface area contributed by atoms with Gasteiger partial charge in [0.15, 0.2) is 0 Å². The molecule has 0 aliphatic rings. The van der Waals surface area contributed by atoms with E-state index in [9.17, 15) is 8.78 Å². The van der Waals surface area contributed by atoms with Gasteiger partial charge in [0.25, 0.3) is 0 Å². The molecule has 4 heteroatoms. The van der Waals surface area contributed by atoms with Crippen LogP contribution in [-0.2, 0) is 9.47 Å². The van der Waals surface area contributed by atoms with E-state index in [2.05, 4.69) is 4.74 Å². The Morgan fingerprint density at radius 3 is 2.70 bits per heavy atom. The van der Waals surface area contributed by atoms with Crippen LogP contribution in [0, 0.1) is 0 Å². The van der Waals surface area contributed by atoms with E-state index < -0.39 is 13.0 Å². The molecule has 0 amide bonds. The number of hydrogen-bond acceptors (Lipinski definition) is 2. The second-order valence-electron chi connectivity index (χ2n) is 1.76. The third kappa shape index (κ3) is 5.91. The van der Waals surface area contributed by atoms with Gasteiger partial charge in [-0.05, 0) is 6.42 Å². The summed E-state index contributed by atoms with van der Waals surface area (Å²) in [6.45, 7) is 1.15. The predicted molar refractivity (Wildman–Crippen MR) is 33.1 cm³/mol. The van der Waals surface area contributed by atoms with E-state index >= 15 is 0 Å². The Morgan fingerprint density at radius 1 is 1.50 bits per heavy atom. The number of alkyl halides is 2. The second kappa shape index (κ2) is 6.89. The number of ether oxygens (including phenoxy) is 2. The molecule has 1 unspecified atom stereocenters. The van der Waals surface area contributed by atoms with Crippen LogP contribution >= 0.6 is 0 Å². The lowest BCUT2D eigenvalue weighted by atomic mass is 10.5. The highest BCUT2D eigenvalue weighted by Crippen LogP contribution is 1.94. The lowest BCUT2D eigenvalue weighted by Crippen LogP contribution is -2.11. The molecule has 2 nitrogen and oxygen atoms in total. The highest BCUT2D eigenvalue weighted by Gasteiger charge is 2.03. The summed E-state index contributed by atoms with van der Waals surface area (Å²) in [7, 11) is 0. The zero-order valence-corrected chi connectivity index (χ0v) is 5.98. The van der Waals surface area contributed by atoms with Gasteiger partial charge in [-0.3, -0.25) is 0 Å². The summed E-state index contributed by atoms with van der Waals surface area (Å²) >= 11 is 0. The lowest BCUT2D eigenvalue weighted by molar-refractivity contribution is -0.140. The van der Waals surface area contributed by atoms with Crippen LogP contribution in [0.5, 0.6) is 0 Å². The minimum Gasteiger partial charge on any atom is -0.355 e. The van der Waals surface area contributed by atoms with E-state index in [4.69, 9.17) is 4.74 Å². The van der Waals surface area contributed by atoms with Crippen LogP contribution in [0.1, 0.15) is 13.3 Å². The Kier molecular flexibility index (Phi) is 6.74. The zero-order chi connectivity index (χ0) is 7.82. The molecule has 0 aromatic rings. The molecule has 0 radical (unpaired) electrons. The number of halogens is 2. The summed E-state index contributed by atoms with van der Waals surface area (Å²) in [5.41, 5.74) is 0. The molecule has 0 aromatic heterocycles. The van der Waals surface area contributed by atoms with E-state index in [1.54, 1.807) is 0 Å². The van der Waals surface area contributed by atoms with Crippen LogP contribution in [-0.4, -0.2) is 26.4 Å². The summed E-state index contributed by atoms with van der Waals surface area (Å²) in [5, 5.41) is 0. The van der Waals surface area contributed by atoms with E-state index in [1.165, 1.54) is 0 Å². The van der Waals surface area contributed by atoms with Gasteiger partial charge in [0, 0.05) is 6.61 Å². The van der Waals surface area contributed by atoms with Crippen molar-refractivity contribution in [2.75, 3.05) is 20.1 Å². The van der Waals surface area contributed by atoms with Crippen LogP contribution < -0.4 is 0 Å². The highest BCUT2D eigenvalue weighted by atomic mass is 19.2. The normalized spacial score (nSPS) is 13.5. The van der Waals surface area contributed by atoms with Gasteiger partial charge in [-0.15, -0.1) is 0 Å². The smallest absolute Gasteiger partial charge is 0.229 e. The first-order chi connectivity index (χ1) is 4.81. The molecule has 0 bridgehead atoms. The summed E-state index contributed by atoms with van der Waals surface area (Å²) < 4.78 is 32.2. The standard InChI is InChI=1S/C6H12F2O2/c1-2-3-9-5-10-6(8)4-7/h6H,2-5H2,1H3. The molecule has 0 fully saturated rings. The topological polar surface area (TPSA) is 18.5 Å². The molecule has 0 N–H and O–H groups in total. The molecule has 1 atom stereocenters. The molecular formula is C6H12F2O2. The minimum absolute atomic E-state index is 0.168. The van der Waals surface area contributed by atoms with Crippen LogP contribution in [0.2, 0.25) is 0 Å². The van der Waals surface area contributed by atoms with Crippen LogP contribution in [0.15, 0.2) is 0 Å². The molecule has 0 heterocycles. The molecule has 0 saturated carbocycles. The van der Waals surface area contributed by atoms with Crippen LogP contribution in [0.4, 0.5) is 8.78 Å². The first kappa shape index (κ1) is 9.78. The lowest BCUT2D eigenvalue weighted by Gasteiger charge is -2.05. The van der Waals surface area contributed by atoms with Gasteiger partial charge in [0.05, 0.1) is 0 Å². The molecule has 0 aromatic carbocycles. The fraction of sp³-hybridized carbons (Fsp3) is 1.00. The van der Waals surface area contributed by atoms with E-state index in [-0.39, 0.29) is 6.79 Å². The van der Waals surface area contributed by atoms with E-state index in [0.29, 0.717) is 6.61 Å². The maximum atomic E-state index is 11.9. The summed E-state index contributed by atoms with van der Waals surface area (Å²) in [5.74, 6) is 0. The summed E-state index contributed by atoms with van der Waals surface area (Å²) in [4.78, 5) is 0. The molecule has 0 spiro atoms. The Morgan fingerprint density at radius 2 is 2.20 bits per heavy atom. The SMILES string of the molecule is CCCOCOC(F)CF. The van der Waals surface area contributed by atoms with Crippen molar-refractivity contribution in [2.24, 2.45) is 0 Å². The fourth-order valence-corrected chi connectivity index (χ4v) is 0.370. The van der Waals surface area contributed by atoms with Crippen LogP contribution in [0.3, 0.4) is 0 Å². The number of rotatable bonds is 6. The van der Waals surface area contributed by atoms with Crippen molar-refractivity contribution >= 4 is 0 Å². The molecule has 0 rings (SSSR count). The zero-order valence-electron chi connectivity index (χ0n) is 5.98. The Labute approximate surface area is 59.1 Å². The van der Waals surface area contributed by atoms with Crippen molar-refractivity contribution in [2.45, 2.75) is 19.7 Å². The predicted octanol–water partition coefficient (Wildman–Crippen LogP) is 1.65. The molecular weight excluding hydrogens is 142 g/mol. The van der Waals surface area contributed by atoms with Gasteiger partial charge in [-0.1, -0.05) is 6.92 Å². The maximum absolute atomic E-state index is 11.9. The van der Waals surface area contributed by atoms with Crippen molar-refractivity contribution in [1.29, 1.82) is 0 Å². The van der Waals surface area contributed by atoms with Gasteiger partial charge in [0.2, 0.25) is 6.36 Å². The van der Waals surface area contributed by atoms with E-state index in [1.807, 2.05) is 6.92 Å². The van der Waals surface area contributed by atoms with Crippen molar-refractivity contribution in [3.8, 4) is 0 Å². The van der Waals surface area contributed by atoms with Gasteiger partial charge in [-0.25, -0.2) is 8.78 Å².